The lowest BCUT2D eigenvalue weighted by Gasteiger charge is -2.26. The summed E-state index contributed by atoms with van der Waals surface area (Å²) < 4.78 is 7.75. The third-order valence-corrected chi connectivity index (χ3v) is 5.46. The highest BCUT2D eigenvalue weighted by Crippen LogP contribution is 2.46. The van der Waals surface area contributed by atoms with Crippen LogP contribution in [0.25, 0.3) is 6.08 Å². The van der Waals surface area contributed by atoms with Crippen LogP contribution in [-0.2, 0) is 0 Å². The Labute approximate surface area is 144 Å². The number of nitrogens with zero attached hydrogens (tertiary/aromatic N) is 2. The van der Waals surface area contributed by atoms with Gasteiger partial charge in [0.2, 0.25) is 0 Å². The molecule has 2 aromatic rings. The number of hydrogen-bond donors (Lipinski definition) is 1. The molecule has 3 heterocycles. The number of ether oxygens (including phenoxy) is 1. The summed E-state index contributed by atoms with van der Waals surface area (Å²) in [5.41, 5.74) is 2.82. The first-order chi connectivity index (χ1) is 11.5. The van der Waals surface area contributed by atoms with Crippen molar-refractivity contribution in [1.29, 1.82) is 0 Å². The second kappa shape index (κ2) is 5.70. The Morgan fingerprint density at radius 2 is 2.17 bits per heavy atom. The van der Waals surface area contributed by atoms with Crippen molar-refractivity contribution in [1.82, 2.24) is 9.78 Å². The molecule has 5 nitrogen and oxygen atoms in total. The van der Waals surface area contributed by atoms with Gasteiger partial charge in [0.05, 0.1) is 15.9 Å². The van der Waals surface area contributed by atoms with Gasteiger partial charge >= 0.3 is 0 Å². The van der Waals surface area contributed by atoms with Crippen LogP contribution in [0.1, 0.15) is 43.2 Å². The molecule has 0 fully saturated rings. The molecule has 1 aromatic heterocycles. The van der Waals surface area contributed by atoms with Crippen LogP contribution in [0.15, 0.2) is 39.6 Å². The number of thioether (sulfide) groups is 1. The number of aromatic nitrogens is 2. The first kappa shape index (κ1) is 15.3. The van der Waals surface area contributed by atoms with Crippen molar-refractivity contribution in [2.24, 2.45) is 4.99 Å². The number of aromatic amines is 1. The number of H-pyrrole nitrogens is 1. The molecule has 4 rings (SSSR count). The highest BCUT2D eigenvalue weighted by Gasteiger charge is 2.33. The summed E-state index contributed by atoms with van der Waals surface area (Å²) in [5, 5.41) is 3.83. The van der Waals surface area contributed by atoms with Crippen LogP contribution in [0, 0.1) is 0 Å². The van der Waals surface area contributed by atoms with Crippen molar-refractivity contribution < 1.29 is 4.74 Å². The van der Waals surface area contributed by atoms with E-state index in [1.165, 1.54) is 0 Å². The van der Waals surface area contributed by atoms with Gasteiger partial charge in [-0.2, -0.15) is 0 Å². The topological polar surface area (TPSA) is 59.4 Å². The van der Waals surface area contributed by atoms with E-state index in [0.29, 0.717) is 6.61 Å². The second-order valence-electron chi connectivity index (χ2n) is 6.32. The molecule has 0 amide bonds. The monoisotopic (exact) mass is 341 g/mol. The summed E-state index contributed by atoms with van der Waals surface area (Å²) >= 11 is 1.62. The normalized spacial score (nSPS) is 19.2. The minimum atomic E-state index is -0.0628. The molecule has 0 saturated heterocycles. The zero-order valence-electron chi connectivity index (χ0n) is 13.9. The van der Waals surface area contributed by atoms with Crippen LogP contribution in [0.4, 0.5) is 5.82 Å². The van der Waals surface area contributed by atoms with Gasteiger partial charge in [-0.1, -0.05) is 30.0 Å². The molecule has 24 heavy (non-hydrogen) atoms. The van der Waals surface area contributed by atoms with E-state index >= 15 is 0 Å². The van der Waals surface area contributed by atoms with E-state index < -0.39 is 0 Å². The lowest BCUT2D eigenvalue weighted by Crippen LogP contribution is -2.19. The van der Waals surface area contributed by atoms with Crippen LogP contribution >= 0.6 is 11.8 Å². The standard InChI is InChI=1S/C18H19N3O2S/c1-10(2)21-17-15(18(22)20-21)16(24-11(3)19-17)13-8-12-6-4-5-7-14(12)23-9-13/h4-8,10,16H,9H2,1-3H3,(H,20,22)/t16-/m1/s1. The second-order valence-corrected chi connectivity index (χ2v) is 7.61. The fraction of sp³-hybridized carbons (Fsp3) is 0.333. The van der Waals surface area contributed by atoms with E-state index in [1.54, 1.807) is 11.8 Å². The Morgan fingerprint density at radius 3 is 2.96 bits per heavy atom. The van der Waals surface area contributed by atoms with Crippen LogP contribution in [0.2, 0.25) is 0 Å². The molecule has 6 heteroatoms. The highest BCUT2D eigenvalue weighted by atomic mass is 32.2. The molecule has 0 bridgehead atoms. The lowest BCUT2D eigenvalue weighted by atomic mass is 10.0. The maximum absolute atomic E-state index is 12.6. The van der Waals surface area contributed by atoms with Gasteiger partial charge in [0, 0.05) is 11.6 Å². The largest absolute Gasteiger partial charge is 0.489 e. The van der Waals surface area contributed by atoms with Crippen LogP contribution in [0.5, 0.6) is 5.75 Å². The van der Waals surface area contributed by atoms with Gasteiger partial charge in [-0.3, -0.25) is 14.6 Å². The molecule has 1 N–H and O–H groups in total. The number of rotatable bonds is 2. The molecular weight excluding hydrogens is 322 g/mol. The minimum Gasteiger partial charge on any atom is -0.489 e. The molecule has 0 aliphatic carbocycles. The van der Waals surface area contributed by atoms with Gasteiger partial charge in [-0.05, 0) is 38.5 Å². The molecule has 2 aliphatic heterocycles. The van der Waals surface area contributed by atoms with E-state index in [-0.39, 0.29) is 16.9 Å². The zero-order valence-corrected chi connectivity index (χ0v) is 14.7. The third-order valence-electron chi connectivity index (χ3n) is 4.26. The molecule has 1 aromatic carbocycles. The number of para-hydroxylation sites is 1. The van der Waals surface area contributed by atoms with E-state index in [9.17, 15) is 4.79 Å². The van der Waals surface area contributed by atoms with Gasteiger partial charge in [0.25, 0.3) is 5.56 Å². The SMILES string of the molecule is CC1=Nc2c(c(=O)[nH]n2C(C)C)[C@@H](C2=Cc3ccccc3OC2)S1. The van der Waals surface area contributed by atoms with Crippen LogP contribution in [0.3, 0.4) is 0 Å². The summed E-state index contributed by atoms with van der Waals surface area (Å²) in [6, 6.07) is 8.12. The van der Waals surface area contributed by atoms with Crippen molar-refractivity contribution in [2.75, 3.05) is 6.61 Å². The van der Waals surface area contributed by atoms with Gasteiger partial charge < -0.3 is 4.74 Å². The predicted octanol–water partition coefficient (Wildman–Crippen LogP) is 4.07. The number of hydrogen-bond acceptors (Lipinski definition) is 4. The van der Waals surface area contributed by atoms with Gasteiger partial charge in [-0.25, -0.2) is 4.99 Å². The summed E-state index contributed by atoms with van der Waals surface area (Å²) in [6.45, 7) is 6.56. The quantitative estimate of drug-likeness (QED) is 0.896. The maximum atomic E-state index is 12.6. The summed E-state index contributed by atoms with van der Waals surface area (Å²) in [5.74, 6) is 1.64. The Balaban J connectivity index is 1.84. The zero-order chi connectivity index (χ0) is 16.8. The van der Waals surface area contributed by atoms with Gasteiger partial charge in [0.1, 0.15) is 12.4 Å². The average Bonchev–Trinajstić information content (AvgIpc) is 2.90. The van der Waals surface area contributed by atoms with Crippen molar-refractivity contribution in [2.45, 2.75) is 32.1 Å². The minimum absolute atomic E-state index is 0.0605. The molecule has 0 saturated carbocycles. The fourth-order valence-corrected chi connectivity index (χ4v) is 4.23. The Morgan fingerprint density at radius 1 is 1.38 bits per heavy atom. The van der Waals surface area contributed by atoms with Crippen LogP contribution < -0.4 is 10.3 Å². The molecule has 0 unspecified atom stereocenters. The Kier molecular flexibility index (Phi) is 3.64. The summed E-state index contributed by atoms with van der Waals surface area (Å²) in [6.07, 6.45) is 2.14. The molecule has 124 valence electrons. The highest BCUT2D eigenvalue weighted by molar-refractivity contribution is 8.14. The van der Waals surface area contributed by atoms with Crippen molar-refractivity contribution in [3.63, 3.8) is 0 Å². The number of nitrogens with one attached hydrogen (secondary N) is 1. The van der Waals surface area contributed by atoms with E-state index in [0.717, 1.165) is 33.3 Å². The summed E-state index contributed by atoms with van der Waals surface area (Å²) in [4.78, 5) is 17.2. The first-order valence-electron chi connectivity index (χ1n) is 8.03. The van der Waals surface area contributed by atoms with Gasteiger partial charge in [-0.15, -0.1) is 0 Å². The average molecular weight is 341 g/mol. The summed E-state index contributed by atoms with van der Waals surface area (Å²) in [7, 11) is 0. The van der Waals surface area contributed by atoms with Crippen molar-refractivity contribution in [3.05, 3.63) is 51.3 Å². The molecule has 0 spiro atoms. The molecule has 2 aliphatic rings. The smallest absolute Gasteiger partial charge is 0.271 e. The fourth-order valence-electron chi connectivity index (χ4n) is 3.13. The first-order valence-corrected chi connectivity index (χ1v) is 8.91. The predicted molar refractivity (Wildman–Crippen MR) is 98.5 cm³/mol. The van der Waals surface area contributed by atoms with E-state index in [2.05, 4.69) is 16.2 Å². The van der Waals surface area contributed by atoms with Crippen molar-refractivity contribution >= 4 is 28.7 Å². The third kappa shape index (κ3) is 2.41. The van der Waals surface area contributed by atoms with E-state index in [1.807, 2.05) is 49.7 Å². The van der Waals surface area contributed by atoms with E-state index in [4.69, 9.17) is 4.74 Å². The molecule has 0 radical (unpaired) electrons. The van der Waals surface area contributed by atoms with Crippen molar-refractivity contribution in [3.8, 4) is 5.75 Å². The lowest BCUT2D eigenvalue weighted by molar-refractivity contribution is 0.344. The Hall–Kier alpha value is -2.21. The van der Waals surface area contributed by atoms with Gasteiger partial charge in [0.15, 0.2) is 5.82 Å². The Bertz CT molecular complexity index is 921. The number of fused-ring (bicyclic) bond motifs is 2. The number of aliphatic imine (C=N–C) groups is 1. The van der Waals surface area contributed by atoms with Crippen LogP contribution in [-0.4, -0.2) is 21.4 Å². The number of benzene rings is 1. The molecule has 1 atom stereocenters. The maximum Gasteiger partial charge on any atom is 0.271 e. The molecular formula is C18H19N3O2S.